The highest BCUT2D eigenvalue weighted by molar-refractivity contribution is 5.92. The Hall–Kier alpha value is -2.47. The Balaban J connectivity index is 1.71. The molecule has 1 aliphatic heterocycles. The third-order valence-electron chi connectivity index (χ3n) is 4.62. The van der Waals surface area contributed by atoms with E-state index >= 15 is 0 Å². The van der Waals surface area contributed by atoms with Crippen LogP contribution in [0.5, 0.6) is 0 Å². The highest BCUT2D eigenvalue weighted by Gasteiger charge is 2.19. The summed E-state index contributed by atoms with van der Waals surface area (Å²) >= 11 is 0. The smallest absolute Gasteiger partial charge is 0.251 e. The van der Waals surface area contributed by atoms with Gasteiger partial charge in [-0.25, -0.2) is 9.97 Å². The van der Waals surface area contributed by atoms with Gasteiger partial charge in [-0.2, -0.15) is 0 Å². The van der Waals surface area contributed by atoms with Gasteiger partial charge >= 0.3 is 0 Å². The zero-order valence-corrected chi connectivity index (χ0v) is 14.1. The van der Waals surface area contributed by atoms with Gasteiger partial charge in [0.05, 0.1) is 5.56 Å². The molecule has 2 heterocycles. The van der Waals surface area contributed by atoms with E-state index in [4.69, 9.17) is 5.73 Å². The zero-order valence-electron chi connectivity index (χ0n) is 14.1. The summed E-state index contributed by atoms with van der Waals surface area (Å²) in [5.41, 5.74) is 9.14. The number of nitrogens with zero attached hydrogens (tertiary/aromatic N) is 3. The van der Waals surface area contributed by atoms with E-state index in [0.717, 1.165) is 18.8 Å². The average molecular weight is 325 g/mol. The lowest BCUT2D eigenvalue weighted by atomic mass is 9.87. The molecule has 1 aromatic carbocycles. The minimum absolute atomic E-state index is 0.300. The number of amides is 1. The van der Waals surface area contributed by atoms with Crippen LogP contribution in [-0.2, 0) is 0 Å². The summed E-state index contributed by atoms with van der Waals surface area (Å²) in [5.74, 6) is 0.563. The second-order valence-electron chi connectivity index (χ2n) is 6.43. The number of aromatic nitrogens is 2. The van der Waals surface area contributed by atoms with Gasteiger partial charge in [-0.1, -0.05) is 6.07 Å². The van der Waals surface area contributed by atoms with E-state index in [2.05, 4.69) is 52.4 Å². The maximum absolute atomic E-state index is 11.0. The summed E-state index contributed by atoms with van der Waals surface area (Å²) in [4.78, 5) is 21.7. The Labute approximate surface area is 142 Å². The van der Waals surface area contributed by atoms with Crippen LogP contribution >= 0.6 is 0 Å². The summed E-state index contributed by atoms with van der Waals surface area (Å²) in [5, 5.41) is 3.17. The maximum Gasteiger partial charge on any atom is 0.251 e. The van der Waals surface area contributed by atoms with E-state index in [0.29, 0.717) is 17.4 Å². The molecule has 1 amide bonds. The van der Waals surface area contributed by atoms with Crippen LogP contribution < -0.4 is 11.1 Å². The first-order chi connectivity index (χ1) is 11.5. The van der Waals surface area contributed by atoms with Crippen molar-refractivity contribution in [2.75, 3.05) is 25.5 Å². The maximum atomic E-state index is 11.0. The molecule has 1 aromatic heterocycles. The molecule has 2 aromatic rings. The number of hydrogen-bond donors (Lipinski definition) is 2. The van der Waals surface area contributed by atoms with Gasteiger partial charge in [0.25, 0.3) is 5.91 Å². The number of anilines is 2. The molecule has 0 bridgehead atoms. The molecular formula is C18H23N5O. The van der Waals surface area contributed by atoms with Crippen LogP contribution in [-0.4, -0.2) is 40.9 Å². The van der Waals surface area contributed by atoms with Crippen molar-refractivity contribution in [1.29, 1.82) is 0 Å². The van der Waals surface area contributed by atoms with E-state index in [1.165, 1.54) is 36.4 Å². The number of nitrogens with two attached hydrogens (primary N) is 1. The topological polar surface area (TPSA) is 84.1 Å². The molecule has 1 saturated heterocycles. The number of aryl methyl sites for hydroxylation is 1. The van der Waals surface area contributed by atoms with E-state index in [9.17, 15) is 4.79 Å². The van der Waals surface area contributed by atoms with Crippen molar-refractivity contribution >= 4 is 17.5 Å². The molecule has 1 fully saturated rings. The third kappa shape index (κ3) is 3.71. The van der Waals surface area contributed by atoms with Crippen LogP contribution in [0.2, 0.25) is 0 Å². The van der Waals surface area contributed by atoms with Crippen molar-refractivity contribution in [3.05, 3.63) is 47.3 Å². The van der Waals surface area contributed by atoms with E-state index < -0.39 is 5.91 Å². The van der Waals surface area contributed by atoms with Gasteiger partial charge in [-0.15, -0.1) is 0 Å². The SMILES string of the molecule is Cc1cc(Nc2ncc(C(N)=O)cn2)ccc1C1CCN(C)CC1. The molecule has 6 heteroatoms. The standard InChI is InChI=1S/C18H23N5O/c1-12-9-15(22-18-20-10-14(11-21-18)17(19)24)3-4-16(12)13-5-7-23(2)8-6-13/h3-4,9-11,13H,5-8H2,1-2H3,(H2,19,24)(H,20,21,22). The van der Waals surface area contributed by atoms with Gasteiger partial charge in [-0.3, -0.25) is 4.79 Å². The summed E-state index contributed by atoms with van der Waals surface area (Å²) in [6, 6.07) is 6.39. The van der Waals surface area contributed by atoms with Gasteiger partial charge in [0.15, 0.2) is 0 Å². The summed E-state index contributed by atoms with van der Waals surface area (Å²) in [6.45, 7) is 4.46. The number of piperidine rings is 1. The minimum Gasteiger partial charge on any atom is -0.366 e. The Morgan fingerprint density at radius 2 is 1.92 bits per heavy atom. The van der Waals surface area contributed by atoms with E-state index in [1.54, 1.807) is 0 Å². The summed E-state index contributed by atoms with van der Waals surface area (Å²) < 4.78 is 0. The van der Waals surface area contributed by atoms with Gasteiger partial charge in [0, 0.05) is 18.1 Å². The van der Waals surface area contributed by atoms with Crippen LogP contribution in [0.1, 0.15) is 40.2 Å². The predicted molar refractivity (Wildman–Crippen MR) is 94.5 cm³/mol. The molecular weight excluding hydrogens is 302 g/mol. The molecule has 1 aliphatic rings. The first-order valence-corrected chi connectivity index (χ1v) is 8.21. The lowest BCUT2D eigenvalue weighted by Crippen LogP contribution is -2.29. The highest BCUT2D eigenvalue weighted by Crippen LogP contribution is 2.31. The van der Waals surface area contributed by atoms with Crippen molar-refractivity contribution in [2.45, 2.75) is 25.7 Å². The number of carbonyl (C=O) groups is 1. The number of nitrogens with one attached hydrogen (secondary N) is 1. The van der Waals surface area contributed by atoms with E-state index in [-0.39, 0.29) is 0 Å². The summed E-state index contributed by atoms with van der Waals surface area (Å²) in [7, 11) is 2.18. The van der Waals surface area contributed by atoms with Crippen LogP contribution in [0.25, 0.3) is 0 Å². The average Bonchev–Trinajstić information content (AvgIpc) is 2.57. The Morgan fingerprint density at radius 3 is 2.50 bits per heavy atom. The van der Waals surface area contributed by atoms with E-state index in [1.807, 2.05) is 0 Å². The first kappa shape index (κ1) is 16.4. The molecule has 6 nitrogen and oxygen atoms in total. The van der Waals surface area contributed by atoms with Crippen LogP contribution in [0.4, 0.5) is 11.6 Å². The van der Waals surface area contributed by atoms with Gasteiger partial charge in [0.1, 0.15) is 0 Å². The van der Waals surface area contributed by atoms with Crippen molar-refractivity contribution in [3.63, 3.8) is 0 Å². The van der Waals surface area contributed by atoms with Crippen LogP contribution in [0.15, 0.2) is 30.6 Å². The minimum atomic E-state index is -0.528. The Kier molecular flexibility index (Phi) is 4.76. The third-order valence-corrected chi connectivity index (χ3v) is 4.62. The van der Waals surface area contributed by atoms with Gasteiger partial charge in [-0.05, 0) is 69.1 Å². The lowest BCUT2D eigenvalue weighted by Gasteiger charge is -2.30. The first-order valence-electron chi connectivity index (χ1n) is 8.21. The van der Waals surface area contributed by atoms with Gasteiger partial charge in [0.2, 0.25) is 5.95 Å². The quantitative estimate of drug-likeness (QED) is 0.902. The fraction of sp³-hybridized carbons (Fsp3) is 0.389. The normalized spacial score (nSPS) is 16.1. The molecule has 0 saturated carbocycles. The second-order valence-corrected chi connectivity index (χ2v) is 6.43. The molecule has 0 atom stereocenters. The highest BCUT2D eigenvalue weighted by atomic mass is 16.1. The predicted octanol–water partition coefficient (Wildman–Crippen LogP) is 2.44. The van der Waals surface area contributed by atoms with Crippen molar-refractivity contribution < 1.29 is 4.79 Å². The van der Waals surface area contributed by atoms with Crippen LogP contribution in [0.3, 0.4) is 0 Å². The lowest BCUT2D eigenvalue weighted by molar-refractivity contribution is 0.0999. The monoisotopic (exact) mass is 325 g/mol. The molecule has 3 N–H and O–H groups in total. The molecule has 126 valence electrons. The second kappa shape index (κ2) is 6.97. The number of primary amides is 1. The molecule has 0 spiro atoms. The fourth-order valence-electron chi connectivity index (χ4n) is 3.18. The number of rotatable bonds is 4. The fourth-order valence-corrected chi connectivity index (χ4v) is 3.18. The number of likely N-dealkylation sites (tertiary alicyclic amines) is 1. The number of benzene rings is 1. The Morgan fingerprint density at radius 1 is 1.25 bits per heavy atom. The van der Waals surface area contributed by atoms with Crippen molar-refractivity contribution in [2.24, 2.45) is 5.73 Å². The molecule has 0 unspecified atom stereocenters. The number of hydrogen-bond acceptors (Lipinski definition) is 5. The van der Waals surface area contributed by atoms with Gasteiger partial charge < -0.3 is 16.0 Å². The Bertz CT molecular complexity index is 721. The van der Waals surface area contributed by atoms with Crippen LogP contribution in [0, 0.1) is 6.92 Å². The molecule has 3 rings (SSSR count). The number of carbonyl (C=O) groups excluding carboxylic acids is 1. The summed E-state index contributed by atoms with van der Waals surface area (Å²) in [6.07, 6.45) is 5.28. The molecule has 24 heavy (non-hydrogen) atoms. The van der Waals surface area contributed by atoms with Crippen molar-refractivity contribution in [3.8, 4) is 0 Å². The zero-order chi connectivity index (χ0) is 17.1. The largest absolute Gasteiger partial charge is 0.366 e. The van der Waals surface area contributed by atoms with Crippen molar-refractivity contribution in [1.82, 2.24) is 14.9 Å². The molecule has 0 aliphatic carbocycles. The molecule has 0 radical (unpaired) electrons.